The average molecular weight is 601 g/mol. The number of aliphatic carboxylic acids is 1. The van der Waals surface area contributed by atoms with Crippen LogP contribution in [0.5, 0.6) is 0 Å². The van der Waals surface area contributed by atoms with Crippen LogP contribution in [0, 0.1) is 16.7 Å². The van der Waals surface area contributed by atoms with E-state index < -0.39 is 12.1 Å². The normalized spacial score (nSPS) is 14.1. The fraction of sp³-hybridized carbons (Fsp3) is 0.458. The molecule has 1 saturated heterocycles. The monoisotopic (exact) mass is 600 g/mol. The highest BCUT2D eigenvalue weighted by Crippen LogP contribution is 2.26. The van der Waals surface area contributed by atoms with Crippen LogP contribution in [-0.2, 0) is 16.1 Å². The molecule has 0 radical (unpaired) electrons. The molecule has 2 N–H and O–H groups in total. The van der Waals surface area contributed by atoms with Crippen LogP contribution in [0.25, 0.3) is 0 Å². The molecule has 2 heterocycles. The summed E-state index contributed by atoms with van der Waals surface area (Å²) >= 11 is 3.44. The highest BCUT2D eigenvalue weighted by molar-refractivity contribution is 9.10. The zero-order chi connectivity index (χ0) is 28.5. The summed E-state index contributed by atoms with van der Waals surface area (Å²) in [6, 6.07) is 9.58. The van der Waals surface area contributed by atoms with Gasteiger partial charge in [-0.05, 0) is 39.0 Å². The summed E-state index contributed by atoms with van der Waals surface area (Å²) in [5, 5.41) is 18.0. The number of nitrogens with zero attached hydrogens (tertiary/aromatic N) is 5. The lowest BCUT2D eigenvalue weighted by molar-refractivity contribution is -0.192. The van der Waals surface area contributed by atoms with Crippen LogP contribution in [0.4, 0.5) is 19.0 Å². The molecule has 1 fully saturated rings. The molecule has 0 unspecified atom stereocenters. The van der Waals surface area contributed by atoms with E-state index in [1.165, 1.54) is 6.20 Å². The lowest BCUT2D eigenvalue weighted by Gasteiger charge is -2.31. The molecular formula is C24H28BrF3N6O4. The second-order valence-corrected chi connectivity index (χ2v) is 10.3. The summed E-state index contributed by atoms with van der Waals surface area (Å²) in [5.74, 6) is -2.51. The van der Waals surface area contributed by atoms with E-state index in [0.717, 1.165) is 38.4 Å². The Hall–Kier alpha value is -3.28. The van der Waals surface area contributed by atoms with Crippen molar-refractivity contribution in [2.75, 3.05) is 37.9 Å². The molecule has 3 rings (SSSR count). The molecule has 0 aliphatic carbocycles. The van der Waals surface area contributed by atoms with Gasteiger partial charge in [0.15, 0.2) is 5.82 Å². The fourth-order valence-corrected chi connectivity index (χ4v) is 3.66. The first-order valence-corrected chi connectivity index (χ1v) is 12.2. The van der Waals surface area contributed by atoms with E-state index in [-0.39, 0.29) is 17.1 Å². The number of hydrazine groups is 1. The van der Waals surface area contributed by atoms with Gasteiger partial charge in [-0.25, -0.2) is 9.78 Å². The predicted octanol–water partition coefficient (Wildman–Crippen LogP) is 3.77. The third-order valence-corrected chi connectivity index (χ3v) is 5.45. The van der Waals surface area contributed by atoms with Gasteiger partial charge in [-0.1, -0.05) is 32.9 Å². The first-order chi connectivity index (χ1) is 17.7. The van der Waals surface area contributed by atoms with Crippen molar-refractivity contribution in [2.24, 2.45) is 5.41 Å². The Morgan fingerprint density at radius 2 is 1.89 bits per heavy atom. The number of hydrogen-bond acceptors (Lipinski definition) is 8. The van der Waals surface area contributed by atoms with Gasteiger partial charge < -0.3 is 9.84 Å². The highest BCUT2D eigenvalue weighted by atomic mass is 79.9. The zero-order valence-corrected chi connectivity index (χ0v) is 22.6. The first kappa shape index (κ1) is 30.9. The van der Waals surface area contributed by atoms with Gasteiger partial charge in [-0.2, -0.15) is 23.4 Å². The van der Waals surface area contributed by atoms with Crippen molar-refractivity contribution in [3.05, 3.63) is 51.9 Å². The van der Waals surface area contributed by atoms with E-state index in [9.17, 15) is 23.2 Å². The van der Waals surface area contributed by atoms with E-state index in [0.29, 0.717) is 22.4 Å². The van der Waals surface area contributed by atoms with Gasteiger partial charge >= 0.3 is 12.1 Å². The number of carbonyl (C=O) groups excluding carboxylic acids is 1. The maximum atomic E-state index is 13.1. The number of ether oxygens (including phenoxy) is 1. The number of anilines is 1. The van der Waals surface area contributed by atoms with Crippen molar-refractivity contribution >= 4 is 33.6 Å². The van der Waals surface area contributed by atoms with Gasteiger partial charge in [-0.3, -0.25) is 20.1 Å². The van der Waals surface area contributed by atoms with Crippen molar-refractivity contribution < 1.29 is 32.6 Å². The summed E-state index contributed by atoms with van der Waals surface area (Å²) < 4.78 is 37.7. The number of rotatable bonds is 6. The molecule has 0 bridgehead atoms. The van der Waals surface area contributed by atoms with Crippen LogP contribution in [0.2, 0.25) is 0 Å². The third-order valence-electron chi connectivity index (χ3n) is 4.89. The van der Waals surface area contributed by atoms with E-state index in [2.05, 4.69) is 57.0 Å². The quantitative estimate of drug-likeness (QED) is 0.475. The van der Waals surface area contributed by atoms with Crippen LogP contribution in [0.3, 0.4) is 0 Å². The minimum atomic E-state index is -5.08. The lowest BCUT2D eigenvalue weighted by Crippen LogP contribution is -2.47. The SMILES string of the molecule is CC(C)(C)CN(NC(=O)c1cccc(CN2CCOCC2)c1)c1nc(C#N)ncc1Br.O=C(O)C(F)(F)F. The van der Waals surface area contributed by atoms with Gasteiger partial charge in [0.2, 0.25) is 5.82 Å². The first-order valence-electron chi connectivity index (χ1n) is 11.4. The van der Waals surface area contributed by atoms with Gasteiger partial charge in [0.25, 0.3) is 5.91 Å². The molecule has 2 aromatic rings. The van der Waals surface area contributed by atoms with Crippen molar-refractivity contribution in [3.8, 4) is 6.07 Å². The Labute approximate surface area is 226 Å². The summed E-state index contributed by atoms with van der Waals surface area (Å²) in [6.07, 6.45) is -3.56. The number of halogens is 4. The molecule has 1 aliphatic rings. The molecule has 0 spiro atoms. The molecule has 0 atom stereocenters. The summed E-state index contributed by atoms with van der Waals surface area (Å²) in [7, 11) is 0. The number of carboxylic acids is 1. The number of amides is 1. The molecule has 10 nitrogen and oxygen atoms in total. The van der Waals surface area contributed by atoms with E-state index in [4.69, 9.17) is 14.6 Å². The molecule has 0 saturated carbocycles. The summed E-state index contributed by atoms with van der Waals surface area (Å²) in [5.41, 5.74) is 4.46. The molecule has 1 aromatic heterocycles. The second kappa shape index (κ2) is 13.5. The smallest absolute Gasteiger partial charge is 0.475 e. The van der Waals surface area contributed by atoms with E-state index in [1.54, 1.807) is 11.1 Å². The number of benzene rings is 1. The van der Waals surface area contributed by atoms with Crippen molar-refractivity contribution in [3.63, 3.8) is 0 Å². The largest absolute Gasteiger partial charge is 0.490 e. The van der Waals surface area contributed by atoms with Crippen molar-refractivity contribution in [2.45, 2.75) is 33.5 Å². The minimum absolute atomic E-state index is 0.0406. The maximum Gasteiger partial charge on any atom is 0.490 e. The molecular weight excluding hydrogens is 573 g/mol. The number of nitrogens with one attached hydrogen (secondary N) is 1. The zero-order valence-electron chi connectivity index (χ0n) is 21.0. The second-order valence-electron chi connectivity index (χ2n) is 9.46. The maximum absolute atomic E-state index is 13.1. The van der Waals surface area contributed by atoms with Gasteiger partial charge in [0.1, 0.15) is 6.07 Å². The Morgan fingerprint density at radius 3 is 2.45 bits per heavy atom. The number of carbonyl (C=O) groups is 2. The van der Waals surface area contributed by atoms with Gasteiger partial charge in [-0.15, -0.1) is 0 Å². The topological polar surface area (TPSA) is 132 Å². The molecule has 38 heavy (non-hydrogen) atoms. The van der Waals surface area contributed by atoms with Crippen molar-refractivity contribution in [1.82, 2.24) is 20.3 Å². The van der Waals surface area contributed by atoms with Crippen molar-refractivity contribution in [1.29, 1.82) is 5.26 Å². The fourth-order valence-electron chi connectivity index (χ4n) is 3.26. The molecule has 1 aromatic carbocycles. The number of alkyl halides is 3. The van der Waals surface area contributed by atoms with Gasteiger partial charge in [0, 0.05) is 37.9 Å². The highest BCUT2D eigenvalue weighted by Gasteiger charge is 2.38. The molecule has 14 heteroatoms. The standard InChI is InChI=1S/C22H27BrN6O2.C2HF3O2/c1-22(2,3)15-29(20-18(23)13-25-19(12-24)26-20)27-21(30)17-6-4-5-16(11-17)14-28-7-9-31-10-8-28;3-2(4,5)1(6)7/h4-6,11,13H,7-10,14-15H2,1-3H3,(H,27,30);(H,6,7). The van der Waals surface area contributed by atoms with Gasteiger partial charge in [0.05, 0.1) is 17.7 Å². The van der Waals surface area contributed by atoms with Crippen LogP contribution in [-0.4, -0.2) is 70.9 Å². The average Bonchev–Trinajstić information content (AvgIpc) is 2.83. The number of hydrogen-bond donors (Lipinski definition) is 2. The predicted molar refractivity (Wildman–Crippen MR) is 135 cm³/mol. The number of aromatic nitrogens is 2. The van der Waals surface area contributed by atoms with Crippen LogP contribution < -0.4 is 10.4 Å². The Bertz CT molecular complexity index is 1160. The molecule has 206 valence electrons. The minimum Gasteiger partial charge on any atom is -0.475 e. The lowest BCUT2D eigenvalue weighted by atomic mass is 9.97. The number of carboxylic acid groups (broad SMARTS) is 1. The van der Waals surface area contributed by atoms with Crippen LogP contribution in [0.15, 0.2) is 34.9 Å². The number of morpholine rings is 1. The molecule has 1 aliphatic heterocycles. The van der Waals surface area contributed by atoms with E-state index >= 15 is 0 Å². The summed E-state index contributed by atoms with van der Waals surface area (Å²) in [4.78, 5) is 32.6. The number of nitriles is 1. The van der Waals surface area contributed by atoms with Crippen LogP contribution in [0.1, 0.15) is 42.5 Å². The Kier molecular flexibility index (Phi) is 11.0. The molecule has 1 amide bonds. The third kappa shape index (κ3) is 10.2. The summed E-state index contributed by atoms with van der Waals surface area (Å²) in [6.45, 7) is 10.7. The Balaban J connectivity index is 0.000000638. The Morgan fingerprint density at radius 1 is 1.26 bits per heavy atom. The van der Waals surface area contributed by atoms with E-state index in [1.807, 2.05) is 24.3 Å². The van der Waals surface area contributed by atoms with Crippen LogP contribution >= 0.6 is 15.9 Å².